The number of ether oxygens (including phenoxy) is 2. The minimum atomic E-state index is 0.326. The van der Waals surface area contributed by atoms with Crippen molar-refractivity contribution in [2.75, 3.05) is 20.8 Å². The molecule has 0 spiro atoms. The van der Waals surface area contributed by atoms with Crippen molar-refractivity contribution in [1.82, 2.24) is 5.32 Å². The highest BCUT2D eigenvalue weighted by Crippen LogP contribution is 2.47. The molecule has 0 amide bonds. The molecule has 0 aliphatic carbocycles. The minimum absolute atomic E-state index is 0.326. The van der Waals surface area contributed by atoms with E-state index in [-0.39, 0.29) is 0 Å². The van der Waals surface area contributed by atoms with Crippen molar-refractivity contribution in [2.45, 2.75) is 44.2 Å². The Balaban J connectivity index is 2.54. The highest BCUT2D eigenvalue weighted by Gasteiger charge is 2.32. The van der Waals surface area contributed by atoms with Crippen molar-refractivity contribution in [3.63, 3.8) is 0 Å². The Bertz CT molecular complexity index is 476. The molecule has 0 aromatic heterocycles. The predicted octanol–water partition coefficient (Wildman–Crippen LogP) is 3.69. The first-order valence-electron chi connectivity index (χ1n) is 7.23. The molecule has 2 rings (SSSR count). The van der Waals surface area contributed by atoms with Crippen molar-refractivity contribution in [1.29, 1.82) is 0 Å². The molecule has 1 aromatic rings. The summed E-state index contributed by atoms with van der Waals surface area (Å²) in [4.78, 5) is 0. The van der Waals surface area contributed by atoms with Gasteiger partial charge in [-0.25, -0.2) is 0 Å². The number of hydrogen-bond acceptors (Lipinski definition) is 4. The molecule has 0 saturated heterocycles. The van der Waals surface area contributed by atoms with Gasteiger partial charge >= 0.3 is 0 Å². The van der Waals surface area contributed by atoms with Crippen LogP contribution >= 0.6 is 11.8 Å². The van der Waals surface area contributed by atoms with E-state index in [1.807, 2.05) is 11.8 Å². The number of methoxy groups -OCH3 is 2. The van der Waals surface area contributed by atoms with Crippen LogP contribution in [0, 0.1) is 6.92 Å². The molecule has 1 aliphatic rings. The minimum Gasteiger partial charge on any atom is -0.493 e. The highest BCUT2D eigenvalue weighted by molar-refractivity contribution is 7.99. The molecule has 4 heteroatoms. The van der Waals surface area contributed by atoms with Crippen LogP contribution in [0.1, 0.15) is 43.0 Å². The van der Waals surface area contributed by atoms with Crippen molar-refractivity contribution < 1.29 is 9.47 Å². The first kappa shape index (κ1) is 15.5. The largest absolute Gasteiger partial charge is 0.493 e. The van der Waals surface area contributed by atoms with Crippen molar-refractivity contribution in [3.05, 3.63) is 22.8 Å². The molecule has 0 bridgehead atoms. The third-order valence-electron chi connectivity index (χ3n) is 3.93. The standard InChI is InChI=1S/C16H25NO2S/c1-6-7-17-15-11(3)20-9-12-10(2)8-13(18-4)16(19-5)14(12)15/h8,11,15,17H,6-7,9H2,1-5H3. The first-order valence-corrected chi connectivity index (χ1v) is 8.28. The Hall–Kier alpha value is -0.870. The molecule has 0 saturated carbocycles. The van der Waals surface area contributed by atoms with Gasteiger partial charge in [0, 0.05) is 22.6 Å². The van der Waals surface area contributed by atoms with E-state index in [0.29, 0.717) is 11.3 Å². The third-order valence-corrected chi connectivity index (χ3v) is 5.18. The summed E-state index contributed by atoms with van der Waals surface area (Å²) in [7, 11) is 3.44. The van der Waals surface area contributed by atoms with Crippen LogP contribution in [0.3, 0.4) is 0 Å². The van der Waals surface area contributed by atoms with Crippen molar-refractivity contribution in [2.24, 2.45) is 0 Å². The molecule has 20 heavy (non-hydrogen) atoms. The van der Waals surface area contributed by atoms with Gasteiger partial charge in [0.25, 0.3) is 0 Å². The number of nitrogens with one attached hydrogen (secondary N) is 1. The second-order valence-corrected chi connectivity index (χ2v) is 6.63. The molecular formula is C16H25NO2S. The monoisotopic (exact) mass is 295 g/mol. The smallest absolute Gasteiger partial charge is 0.165 e. The second-order valence-electron chi connectivity index (χ2n) is 5.27. The van der Waals surface area contributed by atoms with E-state index in [1.165, 1.54) is 16.7 Å². The molecular weight excluding hydrogens is 270 g/mol. The van der Waals surface area contributed by atoms with Gasteiger partial charge in [0.05, 0.1) is 14.2 Å². The van der Waals surface area contributed by atoms with E-state index in [4.69, 9.17) is 9.47 Å². The molecule has 1 heterocycles. The maximum atomic E-state index is 5.67. The molecule has 0 fully saturated rings. The zero-order valence-electron chi connectivity index (χ0n) is 13.1. The van der Waals surface area contributed by atoms with Gasteiger partial charge in [0.15, 0.2) is 11.5 Å². The lowest BCUT2D eigenvalue weighted by Crippen LogP contribution is -2.33. The molecule has 0 radical (unpaired) electrons. The van der Waals surface area contributed by atoms with Crippen molar-refractivity contribution >= 4 is 11.8 Å². The lowest BCUT2D eigenvalue weighted by atomic mass is 9.93. The highest BCUT2D eigenvalue weighted by atomic mass is 32.2. The quantitative estimate of drug-likeness (QED) is 0.897. The van der Waals surface area contributed by atoms with E-state index in [9.17, 15) is 0 Å². The van der Waals surface area contributed by atoms with E-state index in [2.05, 4.69) is 32.2 Å². The Labute approximate surface area is 126 Å². The Morgan fingerprint density at radius 1 is 1.35 bits per heavy atom. The second kappa shape index (κ2) is 6.72. The SMILES string of the molecule is CCCNC1c2c(c(C)cc(OC)c2OC)CSC1C. The fraction of sp³-hybridized carbons (Fsp3) is 0.625. The zero-order valence-corrected chi connectivity index (χ0v) is 13.9. The van der Waals surface area contributed by atoms with Gasteiger partial charge in [-0.2, -0.15) is 11.8 Å². The maximum Gasteiger partial charge on any atom is 0.165 e. The van der Waals surface area contributed by atoms with E-state index < -0.39 is 0 Å². The topological polar surface area (TPSA) is 30.5 Å². The molecule has 2 atom stereocenters. The summed E-state index contributed by atoms with van der Waals surface area (Å²) in [6, 6.07) is 2.41. The summed E-state index contributed by atoms with van der Waals surface area (Å²) in [5, 5.41) is 4.21. The van der Waals surface area contributed by atoms with Gasteiger partial charge < -0.3 is 14.8 Å². The molecule has 1 N–H and O–H groups in total. The number of fused-ring (bicyclic) bond motifs is 1. The third kappa shape index (κ3) is 2.77. The number of rotatable bonds is 5. The molecule has 3 nitrogen and oxygen atoms in total. The van der Waals surface area contributed by atoms with Gasteiger partial charge in [0.1, 0.15) is 0 Å². The average molecular weight is 295 g/mol. The van der Waals surface area contributed by atoms with Crippen LogP contribution < -0.4 is 14.8 Å². The normalized spacial score (nSPS) is 21.4. The van der Waals surface area contributed by atoms with Gasteiger partial charge in [-0.1, -0.05) is 13.8 Å². The summed E-state index contributed by atoms with van der Waals surface area (Å²) in [6.07, 6.45) is 1.13. The van der Waals surface area contributed by atoms with Crippen molar-refractivity contribution in [3.8, 4) is 11.5 Å². The molecule has 112 valence electrons. The fourth-order valence-electron chi connectivity index (χ4n) is 2.83. The zero-order chi connectivity index (χ0) is 14.7. The predicted molar refractivity (Wildman–Crippen MR) is 86.1 cm³/mol. The number of benzene rings is 1. The van der Waals surface area contributed by atoms with Crippen LogP contribution in [0.25, 0.3) is 0 Å². The lowest BCUT2D eigenvalue weighted by Gasteiger charge is -2.34. The van der Waals surface area contributed by atoms with Crippen LogP contribution in [0.5, 0.6) is 11.5 Å². The summed E-state index contributed by atoms with van der Waals surface area (Å²) >= 11 is 2.01. The average Bonchev–Trinajstić information content (AvgIpc) is 2.45. The van der Waals surface area contributed by atoms with Gasteiger partial charge in [0.2, 0.25) is 0 Å². The number of aryl methyl sites for hydroxylation is 1. The lowest BCUT2D eigenvalue weighted by molar-refractivity contribution is 0.344. The van der Waals surface area contributed by atoms with Crippen LogP contribution in [0.2, 0.25) is 0 Å². The maximum absolute atomic E-state index is 5.67. The van der Waals surface area contributed by atoms with Gasteiger partial charge in [-0.05, 0) is 37.1 Å². The van der Waals surface area contributed by atoms with E-state index in [1.54, 1.807) is 14.2 Å². The summed E-state index contributed by atoms with van der Waals surface area (Å²) in [5.74, 6) is 2.78. The van der Waals surface area contributed by atoms with E-state index >= 15 is 0 Å². The Morgan fingerprint density at radius 2 is 2.10 bits per heavy atom. The van der Waals surface area contributed by atoms with Crippen LogP contribution in [-0.2, 0) is 5.75 Å². The van der Waals surface area contributed by atoms with Crippen LogP contribution in [0.4, 0.5) is 0 Å². The Morgan fingerprint density at radius 3 is 2.70 bits per heavy atom. The molecule has 2 unspecified atom stereocenters. The van der Waals surface area contributed by atoms with Gasteiger partial charge in [-0.15, -0.1) is 0 Å². The Kier molecular flexibility index (Phi) is 5.22. The van der Waals surface area contributed by atoms with Gasteiger partial charge in [-0.3, -0.25) is 0 Å². The number of thioether (sulfide) groups is 1. The fourth-order valence-corrected chi connectivity index (χ4v) is 4.07. The molecule has 1 aromatic carbocycles. The van der Waals surface area contributed by atoms with Crippen LogP contribution in [-0.4, -0.2) is 26.0 Å². The summed E-state index contributed by atoms with van der Waals surface area (Å²) in [5.41, 5.74) is 3.99. The summed E-state index contributed by atoms with van der Waals surface area (Å²) in [6.45, 7) is 7.67. The summed E-state index contributed by atoms with van der Waals surface area (Å²) < 4.78 is 11.2. The first-order chi connectivity index (χ1) is 9.63. The van der Waals surface area contributed by atoms with E-state index in [0.717, 1.165) is 30.2 Å². The number of hydrogen-bond donors (Lipinski definition) is 1. The van der Waals surface area contributed by atoms with Crippen LogP contribution in [0.15, 0.2) is 6.07 Å². The molecule has 1 aliphatic heterocycles.